The number of alkyl halides is 5. The van der Waals surface area contributed by atoms with Crippen molar-refractivity contribution in [1.29, 1.82) is 0 Å². The fourth-order valence-corrected chi connectivity index (χ4v) is 11.3. The number of ether oxygens (including phenoxy) is 7. The van der Waals surface area contributed by atoms with Crippen LogP contribution in [0.2, 0.25) is 0 Å². The van der Waals surface area contributed by atoms with E-state index in [1.165, 1.54) is 113 Å². The molecular formula is C78H69F5N25O12Y5-5. The molecule has 0 amide bonds. The summed E-state index contributed by atoms with van der Waals surface area (Å²) < 4.78 is 117. The molecule has 1 saturated carbocycles. The van der Waals surface area contributed by atoms with Crippen LogP contribution < -0.4 is 61.6 Å². The summed E-state index contributed by atoms with van der Waals surface area (Å²) in [6.45, 7) is 2.35. The topological polar surface area (TPSA) is 393 Å². The van der Waals surface area contributed by atoms with Crippen molar-refractivity contribution in [2.75, 3.05) is 13.7 Å². The van der Waals surface area contributed by atoms with Crippen LogP contribution in [0.15, 0.2) is 207 Å². The monoisotopic (exact) mass is 2090 g/mol. The quantitative estimate of drug-likeness (QED) is 0.0413. The van der Waals surface area contributed by atoms with Gasteiger partial charge in [0.1, 0.15) is 44.5 Å². The Morgan fingerprint density at radius 2 is 0.664 bits per heavy atom. The van der Waals surface area contributed by atoms with E-state index in [9.17, 15) is 45.9 Å². The van der Waals surface area contributed by atoms with E-state index in [0.717, 1.165) is 52.6 Å². The van der Waals surface area contributed by atoms with Gasteiger partial charge in [-0.15, -0.1) is 30.3 Å². The van der Waals surface area contributed by atoms with Crippen LogP contribution in [0.1, 0.15) is 76.6 Å². The second kappa shape index (κ2) is 49.2. The zero-order valence-corrected chi connectivity index (χ0v) is 81.7. The van der Waals surface area contributed by atoms with Gasteiger partial charge in [-0.1, -0.05) is 73.4 Å². The number of methoxy groups -OCH3 is 1. The second-order valence-electron chi connectivity index (χ2n) is 25.1. The van der Waals surface area contributed by atoms with E-state index in [1.54, 1.807) is 106 Å². The van der Waals surface area contributed by atoms with Crippen molar-refractivity contribution < 1.29 is 219 Å². The van der Waals surface area contributed by atoms with Gasteiger partial charge in [-0.3, -0.25) is 0 Å². The summed E-state index contributed by atoms with van der Waals surface area (Å²) in [7, 11) is 8.97. The molecule has 15 aromatic rings. The third kappa shape index (κ3) is 26.6. The summed E-state index contributed by atoms with van der Waals surface area (Å²) >= 11 is 0. The molecule has 1 aliphatic rings. The predicted molar refractivity (Wildman–Crippen MR) is 410 cm³/mol. The SMILES string of the molecule is CCOc1cccc(-n2nnn(C)c2=O)c1COc1c[c-]ccn1.COc1cccc(-n2nnn(C)c2=O)c1COc1c[c-]ccn1.Cn1nnn(-c2cccc(C(F)(F)F)c2COc2c[c-]ccn2)c1=O.Cn1nnn(-c2cccc(C(F)F)c2COc2c[c-]ccn2)c1=O.Cn1nnn(-c2cccc(C3CC3)c2COc2c[c-]ccn2)c1=O.[Y].[Y].[Y].[Y].[Y]. The van der Waals surface area contributed by atoms with E-state index in [-0.39, 0.29) is 240 Å². The smallest absolute Gasteiger partial charge is 0.416 e. The summed E-state index contributed by atoms with van der Waals surface area (Å²) in [6.07, 6.45) is 2.65. The summed E-state index contributed by atoms with van der Waals surface area (Å²) in [5.74, 6) is 3.42. The minimum Gasteiger partial charge on any atom is -0.530 e. The van der Waals surface area contributed by atoms with Gasteiger partial charge in [0, 0.05) is 221 Å². The Hall–Kier alpha value is -10.0. The van der Waals surface area contributed by atoms with E-state index >= 15 is 0 Å². The van der Waals surface area contributed by atoms with Crippen LogP contribution in [0.25, 0.3) is 28.4 Å². The Morgan fingerprint density at radius 1 is 0.376 bits per heavy atom. The second-order valence-corrected chi connectivity index (χ2v) is 25.1. The molecule has 0 N–H and O–H groups in total. The summed E-state index contributed by atoms with van der Waals surface area (Å²) in [4.78, 5) is 80.7. The summed E-state index contributed by atoms with van der Waals surface area (Å²) in [5, 5.41) is 37.4. The Kier molecular flexibility index (Phi) is 40.2. The van der Waals surface area contributed by atoms with Gasteiger partial charge in [0.05, 0.1) is 88.2 Å². The summed E-state index contributed by atoms with van der Waals surface area (Å²) in [6, 6.07) is 54.5. The third-order valence-corrected chi connectivity index (χ3v) is 17.3. The van der Waals surface area contributed by atoms with E-state index in [4.69, 9.17) is 33.2 Å². The Morgan fingerprint density at radius 3 is 0.968 bits per heavy atom. The van der Waals surface area contributed by atoms with Crippen molar-refractivity contribution in [3.05, 3.63) is 310 Å². The number of halogens is 5. The minimum absolute atomic E-state index is 0. The molecule has 0 aliphatic heterocycles. The fourth-order valence-electron chi connectivity index (χ4n) is 11.3. The molecule has 0 saturated heterocycles. The van der Waals surface area contributed by atoms with E-state index in [1.807, 2.05) is 25.1 Å². The number of rotatable bonds is 25. The van der Waals surface area contributed by atoms with Crippen molar-refractivity contribution in [3.63, 3.8) is 0 Å². The van der Waals surface area contributed by atoms with E-state index in [0.29, 0.717) is 76.5 Å². The molecule has 10 heterocycles. The Balaban J connectivity index is 0.000000212. The van der Waals surface area contributed by atoms with E-state index in [2.05, 4.69) is 113 Å². The van der Waals surface area contributed by atoms with Crippen LogP contribution in [0.3, 0.4) is 0 Å². The molecule has 5 aromatic carbocycles. The fraction of sp³-hybridized carbons (Fsp3) is 0.231. The minimum atomic E-state index is -4.63. The normalized spacial score (nSPS) is 11.0. The van der Waals surface area contributed by atoms with Gasteiger partial charge < -0.3 is 58.1 Å². The van der Waals surface area contributed by atoms with E-state index < -0.39 is 36.2 Å². The maximum atomic E-state index is 13.4. The molecule has 47 heteroatoms. The van der Waals surface area contributed by atoms with Gasteiger partial charge >= 0.3 is 34.6 Å². The zero-order chi connectivity index (χ0) is 84.8. The number of tetrazole rings is 5. The first-order valence-electron chi connectivity index (χ1n) is 35.9. The molecule has 0 spiro atoms. The molecule has 125 heavy (non-hydrogen) atoms. The van der Waals surface area contributed by atoms with Crippen molar-refractivity contribution in [2.24, 2.45) is 35.2 Å². The number of aryl methyl sites for hydroxylation is 5. The molecule has 633 valence electrons. The maximum Gasteiger partial charge on any atom is 0.416 e. The molecule has 16 rings (SSSR count). The molecule has 1 fully saturated rings. The first-order chi connectivity index (χ1) is 58.1. The standard InChI is InChI=1S/C17H16N5O2.C16H16N5O3.C15H11F3N5O2.C15H12F2N5O2.C15H14N5O3.5Y/c1-21-17(23)22(20-19-21)15-6-4-5-13(12-8-9-12)14(15)11-24-16-7-2-3-10-18-16;1-3-23-14-8-6-7-13(21-16(22)20(2)18-19-21)12(14)11-24-15-9-4-5-10-17-15;1-22-14(24)23(21-20-22)12-6-4-5-11(15(16,17)18)10(12)9-25-13-7-2-3-8-19-13;1-21-15(23)22(20-19-21)12-6-4-5-10(14(16)17)11(12)9-24-13-7-2-3-8-18-13;1-19-15(21)20(18-17-19)12-6-5-7-13(22-2)11(12)10-23-14-8-3-4-9-16-14;;;;;/h3-7,10,12H,8-9,11H2,1H3;5-10H,3,11H2,1-2H3;3-8H,9H2,1H3;3-8,14H,9H2,1H3;4-9H,10H2,1-2H3;;;;;/q5*-1;;;;;. The van der Waals surface area contributed by atoms with Crippen LogP contribution in [0.4, 0.5) is 22.0 Å². The van der Waals surface area contributed by atoms with Crippen LogP contribution in [0, 0.1) is 30.3 Å². The Bertz CT molecular complexity index is 6100. The van der Waals surface area contributed by atoms with Crippen molar-refractivity contribution in [1.82, 2.24) is 124 Å². The average molecular weight is 2090 g/mol. The average Bonchev–Trinajstić information content (AvgIpc) is 1.48. The van der Waals surface area contributed by atoms with Crippen LogP contribution >= 0.6 is 0 Å². The van der Waals surface area contributed by atoms with Gasteiger partial charge in [0.15, 0.2) is 0 Å². The van der Waals surface area contributed by atoms with Crippen LogP contribution in [-0.2, 0) is 238 Å². The largest absolute Gasteiger partial charge is 0.530 e. The van der Waals surface area contributed by atoms with Gasteiger partial charge in [-0.25, -0.2) is 32.8 Å². The van der Waals surface area contributed by atoms with Gasteiger partial charge in [-0.05, 0) is 132 Å². The molecular weight excluding hydrogens is 2020 g/mol. The van der Waals surface area contributed by atoms with Gasteiger partial charge in [0.25, 0.3) is 6.43 Å². The van der Waals surface area contributed by atoms with Crippen LogP contribution in [-0.4, -0.2) is 138 Å². The molecule has 0 atom stereocenters. The first kappa shape index (κ1) is 102. The number of hydrogen-bond donors (Lipinski definition) is 0. The number of pyridine rings is 5. The number of hydrogen-bond acceptors (Lipinski definition) is 27. The van der Waals surface area contributed by atoms with Crippen molar-refractivity contribution in [2.45, 2.75) is 71.3 Å². The molecule has 1 aliphatic carbocycles. The number of nitrogens with zero attached hydrogens (tertiary/aromatic N) is 25. The molecule has 0 unspecified atom stereocenters. The number of benzene rings is 5. The maximum absolute atomic E-state index is 13.4. The van der Waals surface area contributed by atoms with Crippen molar-refractivity contribution >= 4 is 0 Å². The summed E-state index contributed by atoms with van der Waals surface area (Å²) in [5.41, 5.74) is 1.94. The number of aromatic nitrogens is 25. The molecule has 0 bridgehead atoms. The third-order valence-electron chi connectivity index (χ3n) is 17.3. The molecule has 5 radical (unpaired) electrons. The first-order valence-corrected chi connectivity index (χ1v) is 35.9. The molecule has 37 nitrogen and oxygen atoms in total. The zero-order valence-electron chi connectivity index (χ0n) is 67.5. The van der Waals surface area contributed by atoms with Crippen LogP contribution in [0.5, 0.6) is 40.9 Å². The Labute approximate surface area is 832 Å². The molecule has 10 aromatic heterocycles. The van der Waals surface area contributed by atoms with Gasteiger partial charge in [0.2, 0.25) is 0 Å². The van der Waals surface area contributed by atoms with Gasteiger partial charge in [-0.2, -0.15) is 121 Å². The predicted octanol–water partition coefficient (Wildman–Crippen LogP) is 6.93. The van der Waals surface area contributed by atoms with Crippen molar-refractivity contribution in [3.8, 4) is 69.3 Å².